The Hall–Kier alpha value is -2.85. The lowest BCUT2D eigenvalue weighted by Gasteiger charge is -2.11. The minimum atomic E-state index is -4.36. The number of carbonyl (C=O) groups is 1. The minimum absolute atomic E-state index is 0.00950. The number of carbonyl (C=O) groups excluding carboxylic acids is 1. The fourth-order valence-electron chi connectivity index (χ4n) is 1.95. The molecule has 0 aliphatic carbocycles. The van der Waals surface area contributed by atoms with Gasteiger partial charge in [0.05, 0.1) is 28.8 Å². The molecule has 0 aliphatic heterocycles. The van der Waals surface area contributed by atoms with E-state index >= 15 is 0 Å². The number of hydrogen-bond donors (Lipinski definition) is 2. The van der Waals surface area contributed by atoms with Crippen LogP contribution < -0.4 is 15.2 Å². The number of amides is 1. The van der Waals surface area contributed by atoms with Crippen molar-refractivity contribution in [2.75, 3.05) is 11.8 Å². The fraction of sp³-hybridized carbons (Fsp3) is 0.0714. The van der Waals surface area contributed by atoms with Gasteiger partial charge in [0, 0.05) is 5.56 Å². The van der Waals surface area contributed by atoms with E-state index in [1.54, 1.807) is 0 Å². The molecule has 2 aromatic carbocycles. The number of hydrogen-bond acceptors (Lipinski definition) is 6. The van der Waals surface area contributed by atoms with Crippen LogP contribution in [-0.4, -0.2) is 26.4 Å². The van der Waals surface area contributed by atoms with E-state index in [4.69, 9.17) is 22.1 Å². The van der Waals surface area contributed by atoms with Crippen molar-refractivity contribution in [1.82, 2.24) is 0 Å². The van der Waals surface area contributed by atoms with Gasteiger partial charge in [-0.25, -0.2) is 8.42 Å². The smallest absolute Gasteiger partial charge is 0.293 e. The molecule has 0 atom stereocenters. The highest BCUT2D eigenvalue weighted by Crippen LogP contribution is 2.31. The summed E-state index contributed by atoms with van der Waals surface area (Å²) in [6, 6.07) is 7.02. The highest BCUT2D eigenvalue weighted by molar-refractivity contribution is 7.92. The Kier molecular flexibility index (Phi) is 5.14. The van der Waals surface area contributed by atoms with E-state index in [0.717, 1.165) is 18.2 Å². The van der Waals surface area contributed by atoms with E-state index in [9.17, 15) is 23.3 Å². The second-order valence-electron chi connectivity index (χ2n) is 4.76. The Morgan fingerprint density at radius 3 is 2.52 bits per heavy atom. The Morgan fingerprint density at radius 1 is 1.28 bits per heavy atom. The van der Waals surface area contributed by atoms with Gasteiger partial charge in [-0.15, -0.1) is 0 Å². The van der Waals surface area contributed by atoms with E-state index in [1.165, 1.54) is 25.3 Å². The molecule has 0 fully saturated rings. The largest absolute Gasteiger partial charge is 0.497 e. The Bertz CT molecular complexity index is 961. The summed E-state index contributed by atoms with van der Waals surface area (Å²) in [5.74, 6) is -0.660. The van der Waals surface area contributed by atoms with Crippen LogP contribution in [0.1, 0.15) is 10.4 Å². The molecule has 132 valence electrons. The second-order valence-corrected chi connectivity index (χ2v) is 6.81. The summed E-state index contributed by atoms with van der Waals surface area (Å²) >= 11 is 5.91. The first-order valence-electron chi connectivity index (χ1n) is 6.60. The Morgan fingerprint density at radius 2 is 1.96 bits per heavy atom. The van der Waals surface area contributed by atoms with Crippen LogP contribution in [-0.2, 0) is 10.0 Å². The maximum Gasteiger partial charge on any atom is 0.293 e. The first-order valence-corrected chi connectivity index (χ1v) is 8.46. The summed E-state index contributed by atoms with van der Waals surface area (Å²) in [5, 5.41) is 11.2. The molecule has 0 heterocycles. The summed E-state index contributed by atoms with van der Waals surface area (Å²) in [6.45, 7) is 0. The van der Waals surface area contributed by atoms with Gasteiger partial charge in [0.15, 0.2) is 4.90 Å². The zero-order chi connectivity index (χ0) is 18.8. The lowest BCUT2D eigenvalue weighted by molar-refractivity contribution is -0.387. The van der Waals surface area contributed by atoms with Gasteiger partial charge in [-0.1, -0.05) is 11.6 Å². The second kappa shape index (κ2) is 6.95. The Labute approximate surface area is 147 Å². The number of halogens is 1. The van der Waals surface area contributed by atoms with Crippen LogP contribution in [0.15, 0.2) is 41.3 Å². The first kappa shape index (κ1) is 18.5. The molecule has 9 nitrogen and oxygen atoms in total. The van der Waals surface area contributed by atoms with Crippen LogP contribution in [0.2, 0.25) is 5.02 Å². The lowest BCUT2D eigenvalue weighted by atomic mass is 10.2. The topological polar surface area (TPSA) is 142 Å². The number of nitrogens with zero attached hydrogens (tertiary/aromatic N) is 1. The van der Waals surface area contributed by atoms with Crippen molar-refractivity contribution in [1.29, 1.82) is 0 Å². The number of anilines is 1. The molecule has 3 N–H and O–H groups in total. The van der Waals surface area contributed by atoms with Gasteiger partial charge in [-0.2, -0.15) is 0 Å². The van der Waals surface area contributed by atoms with Gasteiger partial charge in [0.2, 0.25) is 5.91 Å². The highest BCUT2D eigenvalue weighted by atomic mass is 35.5. The quantitative estimate of drug-likeness (QED) is 0.576. The molecule has 0 spiro atoms. The van der Waals surface area contributed by atoms with Crippen molar-refractivity contribution in [2.24, 2.45) is 5.73 Å². The van der Waals surface area contributed by atoms with Crippen molar-refractivity contribution in [3.63, 3.8) is 0 Å². The molecule has 0 aromatic heterocycles. The van der Waals surface area contributed by atoms with Crippen LogP contribution in [0.3, 0.4) is 0 Å². The van der Waals surface area contributed by atoms with Crippen molar-refractivity contribution < 1.29 is 22.9 Å². The number of sulfonamides is 1. The number of benzene rings is 2. The third kappa shape index (κ3) is 3.98. The molecular formula is C14H12ClN3O6S. The predicted molar refractivity (Wildman–Crippen MR) is 90.4 cm³/mol. The molecule has 0 saturated carbocycles. The standard InChI is InChI=1S/C14H12ClN3O6S/c1-24-9-3-5-13(12(7-9)18(20)21)25(22,23)17-11-6-8(14(16)19)2-4-10(11)15/h2-7,17H,1H3,(H2,16,19). The zero-order valence-corrected chi connectivity index (χ0v) is 14.3. The number of ether oxygens (including phenoxy) is 1. The van der Waals surface area contributed by atoms with Crippen molar-refractivity contribution in [3.05, 3.63) is 57.1 Å². The summed E-state index contributed by atoms with van der Waals surface area (Å²) < 4.78 is 32.0. The summed E-state index contributed by atoms with van der Waals surface area (Å²) in [6.07, 6.45) is 0. The van der Waals surface area contributed by atoms with Crippen molar-refractivity contribution in [2.45, 2.75) is 4.90 Å². The molecule has 0 saturated heterocycles. The summed E-state index contributed by atoms with van der Waals surface area (Å²) in [5.41, 5.74) is 4.35. The van der Waals surface area contributed by atoms with E-state index in [2.05, 4.69) is 4.72 Å². The van der Waals surface area contributed by atoms with Crippen molar-refractivity contribution in [3.8, 4) is 5.75 Å². The number of nitro benzene ring substituents is 1. The molecule has 2 aromatic rings. The summed E-state index contributed by atoms with van der Waals surface area (Å²) in [4.78, 5) is 20.9. The number of methoxy groups -OCH3 is 1. The van der Waals surface area contributed by atoms with Gasteiger partial charge in [0.25, 0.3) is 15.7 Å². The SMILES string of the molecule is COc1ccc(S(=O)(=O)Nc2cc(C(N)=O)ccc2Cl)c([N+](=O)[O-])c1. The number of nitrogens with one attached hydrogen (secondary N) is 1. The maximum absolute atomic E-state index is 12.5. The molecule has 0 radical (unpaired) electrons. The van der Waals surface area contributed by atoms with E-state index in [0.29, 0.717) is 0 Å². The maximum atomic E-state index is 12.5. The van der Waals surface area contributed by atoms with Gasteiger partial charge in [-0.3, -0.25) is 19.6 Å². The average molecular weight is 386 g/mol. The molecule has 2 rings (SSSR count). The monoisotopic (exact) mass is 385 g/mol. The zero-order valence-electron chi connectivity index (χ0n) is 12.7. The molecular weight excluding hydrogens is 374 g/mol. The van der Waals surface area contributed by atoms with E-state index in [-0.39, 0.29) is 22.0 Å². The lowest BCUT2D eigenvalue weighted by Crippen LogP contribution is -2.16. The van der Waals surface area contributed by atoms with Gasteiger partial charge in [-0.05, 0) is 30.3 Å². The first-order chi connectivity index (χ1) is 11.7. The van der Waals surface area contributed by atoms with E-state index in [1.807, 2.05) is 0 Å². The molecule has 0 unspecified atom stereocenters. The molecule has 0 bridgehead atoms. The molecule has 1 amide bonds. The summed E-state index contributed by atoms with van der Waals surface area (Å²) in [7, 11) is -3.07. The third-order valence-electron chi connectivity index (χ3n) is 3.15. The van der Waals surface area contributed by atoms with Crippen LogP contribution in [0.5, 0.6) is 5.75 Å². The van der Waals surface area contributed by atoms with Crippen molar-refractivity contribution >= 4 is 38.9 Å². The van der Waals surface area contributed by atoms with Crippen LogP contribution in [0.25, 0.3) is 0 Å². The minimum Gasteiger partial charge on any atom is -0.497 e. The van der Waals surface area contributed by atoms with Gasteiger partial charge < -0.3 is 10.5 Å². The normalized spacial score (nSPS) is 11.0. The highest BCUT2D eigenvalue weighted by Gasteiger charge is 2.27. The number of rotatable bonds is 6. The van der Waals surface area contributed by atoms with Crippen LogP contribution in [0.4, 0.5) is 11.4 Å². The van der Waals surface area contributed by atoms with Gasteiger partial charge >= 0.3 is 0 Å². The Balaban J connectivity index is 2.52. The molecule has 11 heteroatoms. The number of nitro groups is 1. The fourth-order valence-corrected chi connectivity index (χ4v) is 3.40. The van der Waals surface area contributed by atoms with E-state index < -0.39 is 31.4 Å². The molecule has 0 aliphatic rings. The van der Waals surface area contributed by atoms with Crippen LogP contribution >= 0.6 is 11.6 Å². The predicted octanol–water partition coefficient (Wildman–Crippen LogP) is 2.16. The number of primary amides is 1. The number of nitrogens with two attached hydrogens (primary N) is 1. The molecule has 25 heavy (non-hydrogen) atoms. The third-order valence-corrected chi connectivity index (χ3v) is 4.89. The van der Waals surface area contributed by atoms with Crippen LogP contribution in [0, 0.1) is 10.1 Å². The van der Waals surface area contributed by atoms with Gasteiger partial charge in [0.1, 0.15) is 5.75 Å². The average Bonchev–Trinajstić information content (AvgIpc) is 2.55.